The second-order valence-electron chi connectivity index (χ2n) is 7.19. The minimum Gasteiger partial charge on any atom is -0.241 e. The van der Waals surface area contributed by atoms with Crippen LogP contribution in [0.5, 0.6) is 0 Å². The first-order chi connectivity index (χ1) is 11.7. The van der Waals surface area contributed by atoms with Crippen molar-refractivity contribution in [2.75, 3.05) is 0 Å². The van der Waals surface area contributed by atoms with Crippen LogP contribution in [0.1, 0.15) is 53.8 Å². The predicted octanol–water partition coefficient (Wildman–Crippen LogP) is 6.97. The van der Waals surface area contributed by atoms with E-state index in [1.807, 2.05) is 23.5 Å². The van der Waals surface area contributed by atoms with Gasteiger partial charge >= 0.3 is 0 Å². The summed E-state index contributed by atoms with van der Waals surface area (Å²) in [4.78, 5) is 7.99. The molecule has 1 atom stereocenters. The highest BCUT2D eigenvalue weighted by Gasteiger charge is 2.28. The summed E-state index contributed by atoms with van der Waals surface area (Å²) in [6, 6.07) is 8.42. The van der Waals surface area contributed by atoms with Crippen molar-refractivity contribution in [1.29, 1.82) is 0 Å². The molecule has 2 heterocycles. The number of thiophene rings is 1. The van der Waals surface area contributed by atoms with E-state index in [4.69, 9.17) is 16.6 Å². The fourth-order valence-corrected chi connectivity index (χ4v) is 5.90. The quantitative estimate of drug-likeness (QED) is 0.437. The van der Waals surface area contributed by atoms with Crippen LogP contribution in [0.4, 0.5) is 0 Å². The van der Waals surface area contributed by atoms with Crippen LogP contribution in [0.25, 0.3) is 21.3 Å². The molecule has 2 aromatic heterocycles. The number of nitrogens with zero attached hydrogens (tertiary/aromatic N) is 1. The van der Waals surface area contributed by atoms with Gasteiger partial charge in [-0.25, -0.2) is 4.98 Å². The third kappa shape index (κ3) is 2.70. The predicted molar refractivity (Wildman–Crippen MR) is 111 cm³/mol. The maximum absolute atomic E-state index is 6.15. The van der Waals surface area contributed by atoms with Crippen molar-refractivity contribution in [3.8, 4) is 11.1 Å². The van der Waals surface area contributed by atoms with Crippen molar-refractivity contribution >= 4 is 45.6 Å². The van der Waals surface area contributed by atoms with Crippen LogP contribution < -0.4 is 0 Å². The number of aromatic nitrogens is 1. The minimum absolute atomic E-state index is 0. The SMILES string of the molecule is CC1CCCc2c1nc1sc3c(c1c2-c1ccc(Cl)cc1)CCC3.Cl. The Kier molecular flexibility index (Phi) is 4.56. The number of halogens is 2. The fourth-order valence-electron chi connectivity index (χ4n) is 4.50. The summed E-state index contributed by atoms with van der Waals surface area (Å²) >= 11 is 8.08. The molecule has 1 nitrogen and oxygen atoms in total. The highest BCUT2D eigenvalue weighted by molar-refractivity contribution is 7.19. The van der Waals surface area contributed by atoms with Crippen LogP contribution in [0, 0.1) is 0 Å². The van der Waals surface area contributed by atoms with E-state index in [2.05, 4.69) is 19.1 Å². The number of benzene rings is 1. The van der Waals surface area contributed by atoms with Gasteiger partial charge in [0.25, 0.3) is 0 Å². The number of rotatable bonds is 1. The van der Waals surface area contributed by atoms with Gasteiger partial charge in [-0.2, -0.15) is 0 Å². The molecule has 25 heavy (non-hydrogen) atoms. The summed E-state index contributed by atoms with van der Waals surface area (Å²) in [5.74, 6) is 0.571. The van der Waals surface area contributed by atoms with Crippen LogP contribution in [0.3, 0.4) is 0 Å². The second-order valence-corrected chi connectivity index (χ2v) is 8.71. The van der Waals surface area contributed by atoms with Crippen LogP contribution in [0.2, 0.25) is 5.02 Å². The first-order valence-electron chi connectivity index (χ1n) is 8.95. The van der Waals surface area contributed by atoms with Gasteiger partial charge in [0.1, 0.15) is 4.83 Å². The van der Waals surface area contributed by atoms with E-state index in [1.165, 1.54) is 64.7 Å². The third-order valence-electron chi connectivity index (χ3n) is 5.65. The molecule has 5 rings (SSSR count). The normalized spacial score (nSPS) is 18.7. The van der Waals surface area contributed by atoms with Crippen molar-refractivity contribution < 1.29 is 0 Å². The highest BCUT2D eigenvalue weighted by atomic mass is 35.5. The number of fused-ring (bicyclic) bond motifs is 4. The topological polar surface area (TPSA) is 12.9 Å². The summed E-state index contributed by atoms with van der Waals surface area (Å²) in [5.41, 5.74) is 7.19. The van der Waals surface area contributed by atoms with Gasteiger partial charge in [0.05, 0.1) is 0 Å². The number of aryl methyl sites for hydroxylation is 2. The molecule has 0 fully saturated rings. The van der Waals surface area contributed by atoms with Crippen LogP contribution in [-0.2, 0) is 19.3 Å². The van der Waals surface area contributed by atoms with Crippen LogP contribution >= 0.6 is 35.3 Å². The first-order valence-corrected chi connectivity index (χ1v) is 10.1. The molecular weight excluding hydrogens is 369 g/mol. The summed E-state index contributed by atoms with van der Waals surface area (Å²) < 4.78 is 0. The monoisotopic (exact) mass is 389 g/mol. The van der Waals surface area contributed by atoms with E-state index in [0.29, 0.717) is 5.92 Å². The zero-order chi connectivity index (χ0) is 16.3. The maximum atomic E-state index is 6.15. The molecule has 4 heteroatoms. The molecule has 0 N–H and O–H groups in total. The number of pyridine rings is 1. The largest absolute Gasteiger partial charge is 0.241 e. The molecular formula is C21H21Cl2NS. The molecule has 0 amide bonds. The van der Waals surface area contributed by atoms with Crippen molar-refractivity contribution in [1.82, 2.24) is 4.98 Å². The molecule has 2 aliphatic carbocycles. The molecule has 0 saturated carbocycles. The number of hydrogen-bond donors (Lipinski definition) is 0. The Hall–Kier alpha value is -1.09. The molecule has 2 aliphatic rings. The maximum Gasteiger partial charge on any atom is 0.124 e. The van der Waals surface area contributed by atoms with Crippen molar-refractivity contribution in [3.05, 3.63) is 51.0 Å². The minimum atomic E-state index is 0. The van der Waals surface area contributed by atoms with Gasteiger partial charge in [0.2, 0.25) is 0 Å². The summed E-state index contributed by atoms with van der Waals surface area (Å²) in [7, 11) is 0. The molecule has 3 aromatic rings. The zero-order valence-corrected chi connectivity index (χ0v) is 16.7. The van der Waals surface area contributed by atoms with Crippen molar-refractivity contribution in [2.45, 2.75) is 51.4 Å². The first kappa shape index (κ1) is 17.3. The Bertz CT molecular complexity index is 943. The van der Waals surface area contributed by atoms with Gasteiger partial charge in [-0.05, 0) is 78.8 Å². The van der Waals surface area contributed by atoms with Crippen molar-refractivity contribution in [2.24, 2.45) is 0 Å². The third-order valence-corrected chi connectivity index (χ3v) is 7.09. The molecule has 1 aromatic carbocycles. The van der Waals surface area contributed by atoms with E-state index in [0.717, 1.165) is 11.4 Å². The summed E-state index contributed by atoms with van der Waals surface area (Å²) in [6.45, 7) is 2.34. The van der Waals surface area contributed by atoms with Gasteiger partial charge < -0.3 is 0 Å². The molecule has 0 radical (unpaired) electrons. The molecule has 0 aliphatic heterocycles. The molecule has 0 bridgehead atoms. The lowest BCUT2D eigenvalue weighted by atomic mass is 9.82. The van der Waals surface area contributed by atoms with Gasteiger partial charge in [0.15, 0.2) is 0 Å². The van der Waals surface area contributed by atoms with Gasteiger partial charge in [-0.15, -0.1) is 23.7 Å². The molecule has 130 valence electrons. The second kappa shape index (κ2) is 6.57. The Morgan fingerprint density at radius 3 is 2.60 bits per heavy atom. The summed E-state index contributed by atoms with van der Waals surface area (Å²) in [6.07, 6.45) is 7.43. The fraction of sp³-hybridized carbons (Fsp3) is 0.381. The average molecular weight is 390 g/mol. The zero-order valence-electron chi connectivity index (χ0n) is 14.3. The van der Waals surface area contributed by atoms with Gasteiger partial charge in [0, 0.05) is 21.0 Å². The smallest absolute Gasteiger partial charge is 0.124 e. The highest BCUT2D eigenvalue weighted by Crippen LogP contribution is 2.46. The Morgan fingerprint density at radius 2 is 1.80 bits per heavy atom. The molecule has 0 saturated heterocycles. The lowest BCUT2D eigenvalue weighted by molar-refractivity contribution is 0.577. The van der Waals surface area contributed by atoms with Crippen LogP contribution in [0.15, 0.2) is 24.3 Å². The van der Waals surface area contributed by atoms with E-state index in [1.54, 1.807) is 10.4 Å². The lowest BCUT2D eigenvalue weighted by Gasteiger charge is -2.25. The van der Waals surface area contributed by atoms with Gasteiger partial charge in [-0.3, -0.25) is 0 Å². The van der Waals surface area contributed by atoms with E-state index >= 15 is 0 Å². The Balaban J connectivity index is 0.00000157. The van der Waals surface area contributed by atoms with E-state index in [9.17, 15) is 0 Å². The lowest BCUT2D eigenvalue weighted by Crippen LogP contribution is -2.11. The van der Waals surface area contributed by atoms with E-state index < -0.39 is 0 Å². The Labute approximate surface area is 163 Å². The van der Waals surface area contributed by atoms with Crippen molar-refractivity contribution in [3.63, 3.8) is 0 Å². The van der Waals surface area contributed by atoms with E-state index in [-0.39, 0.29) is 12.4 Å². The van der Waals surface area contributed by atoms with Gasteiger partial charge in [-0.1, -0.05) is 30.7 Å². The van der Waals surface area contributed by atoms with Crippen LogP contribution in [-0.4, -0.2) is 4.98 Å². The molecule has 0 spiro atoms. The number of hydrogen-bond acceptors (Lipinski definition) is 2. The summed E-state index contributed by atoms with van der Waals surface area (Å²) in [5, 5.41) is 2.25. The molecule has 1 unspecified atom stereocenters. The standard InChI is InChI=1S/C21H20ClNS.ClH/c1-12-4-2-6-16-18(13-8-10-14(22)11-9-13)19-15-5-3-7-17(15)24-21(19)23-20(12)16;/h8-12H,2-7H2,1H3;1H. The Morgan fingerprint density at radius 1 is 1.04 bits per heavy atom. The average Bonchev–Trinajstić information content (AvgIpc) is 3.15.